The molecule has 3 amide bonds. The molecule has 0 aliphatic carbocycles. The van der Waals surface area contributed by atoms with Crippen LogP contribution >= 0.6 is 0 Å². The van der Waals surface area contributed by atoms with Crippen LogP contribution in [0.25, 0.3) is 0 Å². The topological polar surface area (TPSA) is 82.9 Å². The van der Waals surface area contributed by atoms with E-state index in [0.717, 1.165) is 5.56 Å². The highest BCUT2D eigenvalue weighted by molar-refractivity contribution is 5.95. The van der Waals surface area contributed by atoms with E-state index in [1.54, 1.807) is 28.0 Å². The number of nitrogens with zero attached hydrogens (tertiary/aromatic N) is 2. The summed E-state index contributed by atoms with van der Waals surface area (Å²) in [5.41, 5.74) is 2.07. The van der Waals surface area contributed by atoms with Crippen LogP contribution in [-0.2, 0) is 11.3 Å². The molecule has 1 N–H and O–H groups in total. The third kappa shape index (κ3) is 4.11. The molecular formula is C19H21N3O4. The van der Waals surface area contributed by atoms with E-state index >= 15 is 0 Å². The predicted octanol–water partition coefficient (Wildman–Crippen LogP) is 1.51. The zero-order valence-corrected chi connectivity index (χ0v) is 14.6. The highest BCUT2D eigenvalue weighted by Crippen LogP contribution is 2.13. The number of piperazine rings is 1. The lowest BCUT2D eigenvalue weighted by Gasteiger charge is -2.34. The van der Waals surface area contributed by atoms with Crippen molar-refractivity contribution < 1.29 is 18.8 Å². The lowest BCUT2D eigenvalue weighted by molar-refractivity contribution is -0.119. The van der Waals surface area contributed by atoms with E-state index < -0.39 is 0 Å². The molecule has 2 aromatic rings. The van der Waals surface area contributed by atoms with Gasteiger partial charge >= 0.3 is 0 Å². The van der Waals surface area contributed by atoms with Gasteiger partial charge in [0.15, 0.2) is 0 Å². The van der Waals surface area contributed by atoms with Crippen molar-refractivity contribution >= 4 is 17.7 Å². The van der Waals surface area contributed by atoms with Gasteiger partial charge in [-0.25, -0.2) is 0 Å². The number of hydrogen-bond acceptors (Lipinski definition) is 4. The van der Waals surface area contributed by atoms with Gasteiger partial charge in [0.2, 0.25) is 5.91 Å². The van der Waals surface area contributed by atoms with E-state index in [1.807, 2.05) is 12.1 Å². The fraction of sp³-hybridized carbons (Fsp3) is 0.316. The largest absolute Gasteiger partial charge is 0.472 e. The standard InChI is InChI=1S/C19H21N3O4/c1-14(23)20-12-15-2-4-16(5-3-15)18(24)21-7-9-22(10-8-21)19(25)17-6-11-26-13-17/h2-6,11,13H,7-10,12H2,1H3,(H,20,23). The molecule has 0 bridgehead atoms. The minimum atomic E-state index is -0.0898. The summed E-state index contributed by atoms with van der Waals surface area (Å²) in [5.74, 6) is -0.215. The van der Waals surface area contributed by atoms with Crippen LogP contribution in [0.5, 0.6) is 0 Å². The van der Waals surface area contributed by atoms with Gasteiger partial charge in [0.05, 0.1) is 11.8 Å². The molecule has 1 aliphatic rings. The quantitative estimate of drug-likeness (QED) is 0.901. The lowest BCUT2D eigenvalue weighted by Crippen LogP contribution is -2.50. The first-order valence-corrected chi connectivity index (χ1v) is 8.49. The lowest BCUT2D eigenvalue weighted by atomic mass is 10.1. The summed E-state index contributed by atoms with van der Waals surface area (Å²) in [4.78, 5) is 39.3. The zero-order chi connectivity index (χ0) is 18.5. The van der Waals surface area contributed by atoms with Crippen LogP contribution < -0.4 is 5.32 Å². The van der Waals surface area contributed by atoms with Crippen molar-refractivity contribution in [1.82, 2.24) is 15.1 Å². The van der Waals surface area contributed by atoms with Crippen molar-refractivity contribution in [2.45, 2.75) is 13.5 Å². The Hall–Kier alpha value is -3.09. The molecular weight excluding hydrogens is 334 g/mol. The van der Waals surface area contributed by atoms with Crippen LogP contribution in [0.1, 0.15) is 33.2 Å². The van der Waals surface area contributed by atoms with Gasteiger partial charge in [0.1, 0.15) is 6.26 Å². The molecule has 7 nitrogen and oxygen atoms in total. The Kier molecular flexibility index (Phi) is 5.36. The van der Waals surface area contributed by atoms with Crippen molar-refractivity contribution in [1.29, 1.82) is 0 Å². The molecule has 1 aromatic heterocycles. The molecule has 136 valence electrons. The van der Waals surface area contributed by atoms with Crippen LogP contribution in [0.15, 0.2) is 47.3 Å². The number of rotatable bonds is 4. The first kappa shape index (κ1) is 17.7. The normalized spacial score (nSPS) is 14.2. The molecule has 7 heteroatoms. The van der Waals surface area contributed by atoms with Crippen LogP contribution in [0.2, 0.25) is 0 Å². The van der Waals surface area contributed by atoms with Crippen LogP contribution in [0, 0.1) is 0 Å². The van der Waals surface area contributed by atoms with Gasteiger partial charge in [-0.1, -0.05) is 12.1 Å². The van der Waals surface area contributed by atoms with Crippen LogP contribution in [0.4, 0.5) is 0 Å². The second-order valence-corrected chi connectivity index (χ2v) is 6.20. The number of amides is 3. The minimum Gasteiger partial charge on any atom is -0.472 e. The van der Waals surface area contributed by atoms with E-state index in [2.05, 4.69) is 5.32 Å². The average Bonchev–Trinajstić information content (AvgIpc) is 3.20. The molecule has 1 aliphatic heterocycles. The number of carbonyl (C=O) groups excluding carboxylic acids is 3. The van der Waals surface area contributed by atoms with Crippen molar-refractivity contribution in [3.05, 3.63) is 59.5 Å². The van der Waals surface area contributed by atoms with Gasteiger partial charge in [-0.15, -0.1) is 0 Å². The summed E-state index contributed by atoms with van der Waals surface area (Å²) in [7, 11) is 0. The number of furan rings is 1. The van der Waals surface area contributed by atoms with Crippen molar-refractivity contribution in [3.63, 3.8) is 0 Å². The van der Waals surface area contributed by atoms with E-state index in [1.165, 1.54) is 19.5 Å². The molecule has 0 atom stereocenters. The Morgan fingerprint density at radius 1 is 0.923 bits per heavy atom. The predicted molar refractivity (Wildman–Crippen MR) is 94.5 cm³/mol. The van der Waals surface area contributed by atoms with Crippen molar-refractivity contribution in [2.75, 3.05) is 26.2 Å². The molecule has 0 unspecified atom stereocenters. The van der Waals surface area contributed by atoms with Gasteiger partial charge in [-0.3, -0.25) is 14.4 Å². The highest BCUT2D eigenvalue weighted by Gasteiger charge is 2.25. The van der Waals surface area contributed by atoms with E-state index in [-0.39, 0.29) is 17.7 Å². The summed E-state index contributed by atoms with van der Waals surface area (Å²) in [6, 6.07) is 8.84. The van der Waals surface area contributed by atoms with Gasteiger partial charge < -0.3 is 19.5 Å². The number of carbonyl (C=O) groups is 3. The summed E-state index contributed by atoms with van der Waals surface area (Å²) < 4.78 is 4.95. The second-order valence-electron chi connectivity index (χ2n) is 6.20. The van der Waals surface area contributed by atoms with E-state index in [4.69, 9.17) is 4.42 Å². The first-order valence-electron chi connectivity index (χ1n) is 8.49. The molecule has 0 saturated carbocycles. The highest BCUT2D eigenvalue weighted by atomic mass is 16.3. The Labute approximate surface area is 151 Å². The molecule has 0 spiro atoms. The summed E-state index contributed by atoms with van der Waals surface area (Å²) in [5, 5.41) is 2.72. The fourth-order valence-corrected chi connectivity index (χ4v) is 2.86. The Morgan fingerprint density at radius 3 is 2.00 bits per heavy atom. The van der Waals surface area contributed by atoms with Crippen LogP contribution in [0.3, 0.4) is 0 Å². The van der Waals surface area contributed by atoms with Crippen molar-refractivity contribution in [3.8, 4) is 0 Å². The smallest absolute Gasteiger partial charge is 0.257 e. The number of nitrogens with one attached hydrogen (secondary N) is 1. The molecule has 2 heterocycles. The molecule has 26 heavy (non-hydrogen) atoms. The molecule has 1 fully saturated rings. The fourth-order valence-electron chi connectivity index (χ4n) is 2.86. The van der Waals surface area contributed by atoms with Crippen LogP contribution in [-0.4, -0.2) is 53.7 Å². The monoisotopic (exact) mass is 355 g/mol. The molecule has 3 rings (SSSR count). The van der Waals surface area contributed by atoms with E-state index in [0.29, 0.717) is 43.9 Å². The maximum absolute atomic E-state index is 12.6. The Balaban J connectivity index is 1.55. The summed E-state index contributed by atoms with van der Waals surface area (Å²) in [6.07, 6.45) is 2.91. The maximum atomic E-state index is 12.6. The SMILES string of the molecule is CC(=O)NCc1ccc(C(=O)N2CCN(C(=O)c3ccoc3)CC2)cc1. The first-order chi connectivity index (χ1) is 12.5. The summed E-state index contributed by atoms with van der Waals surface area (Å²) >= 11 is 0. The second kappa shape index (κ2) is 7.86. The third-order valence-corrected chi connectivity index (χ3v) is 4.36. The van der Waals surface area contributed by atoms with Gasteiger partial charge in [-0.2, -0.15) is 0 Å². The van der Waals surface area contributed by atoms with Gasteiger partial charge in [-0.05, 0) is 23.8 Å². The average molecular weight is 355 g/mol. The maximum Gasteiger partial charge on any atom is 0.257 e. The zero-order valence-electron chi connectivity index (χ0n) is 14.6. The molecule has 1 aromatic carbocycles. The minimum absolute atomic E-state index is 0.0495. The number of benzene rings is 1. The summed E-state index contributed by atoms with van der Waals surface area (Å²) in [6.45, 7) is 3.90. The Morgan fingerprint density at radius 2 is 1.50 bits per heavy atom. The number of hydrogen-bond donors (Lipinski definition) is 1. The van der Waals surface area contributed by atoms with Crippen molar-refractivity contribution in [2.24, 2.45) is 0 Å². The van der Waals surface area contributed by atoms with Gasteiger partial charge in [0.25, 0.3) is 11.8 Å². The molecule has 0 radical (unpaired) electrons. The third-order valence-electron chi connectivity index (χ3n) is 4.36. The Bertz CT molecular complexity index is 776. The van der Waals surface area contributed by atoms with E-state index in [9.17, 15) is 14.4 Å². The van der Waals surface area contributed by atoms with Gasteiger partial charge in [0, 0.05) is 45.2 Å². The molecule has 1 saturated heterocycles.